The van der Waals surface area contributed by atoms with Crippen molar-refractivity contribution in [2.45, 2.75) is 59.2 Å². The van der Waals surface area contributed by atoms with Crippen LogP contribution in [0.1, 0.15) is 41.0 Å². The van der Waals surface area contributed by atoms with Gasteiger partial charge in [-0.15, -0.1) is 0 Å². The lowest BCUT2D eigenvalue weighted by atomic mass is 10.1. The van der Waals surface area contributed by atoms with Crippen LogP contribution in [0, 0.1) is 0 Å². The van der Waals surface area contributed by atoms with Gasteiger partial charge in [0.2, 0.25) is 0 Å². The molecule has 0 aliphatic heterocycles. The number of hydrogen-bond donors (Lipinski definition) is 0. The van der Waals surface area contributed by atoms with Crippen LogP contribution in [0.2, 0.25) is 6.55 Å². The fraction of sp³-hybridized carbons (Fsp3) is 1.00. The lowest BCUT2D eigenvalue weighted by Crippen LogP contribution is -2.48. The minimum absolute atomic E-state index is 0.00133. The predicted molar refractivity (Wildman–Crippen MR) is 55.8 cm³/mol. The highest BCUT2D eigenvalue weighted by Gasteiger charge is 2.22. The summed E-state index contributed by atoms with van der Waals surface area (Å²) in [6, 6.07) is 0.770. The lowest BCUT2D eigenvalue weighted by Gasteiger charge is -2.39. The highest BCUT2D eigenvalue weighted by atomic mass is 28.2. The van der Waals surface area contributed by atoms with E-state index >= 15 is 0 Å². The molecular formula is C9H23NSi. The largest absolute Gasteiger partial charge is 0.322 e. The van der Waals surface area contributed by atoms with Crippen LogP contribution >= 0.6 is 0 Å². The van der Waals surface area contributed by atoms with Crippen molar-refractivity contribution in [1.82, 2.24) is 4.57 Å². The Morgan fingerprint density at radius 1 is 1.36 bits per heavy atom. The van der Waals surface area contributed by atoms with Crippen molar-refractivity contribution in [3.8, 4) is 0 Å². The van der Waals surface area contributed by atoms with Gasteiger partial charge in [0, 0.05) is 5.54 Å². The van der Waals surface area contributed by atoms with Crippen LogP contribution in [-0.2, 0) is 0 Å². The average Bonchev–Trinajstić information content (AvgIpc) is 1.86. The molecule has 0 aliphatic rings. The number of nitrogens with zero attached hydrogens (tertiary/aromatic N) is 1. The molecule has 0 aliphatic carbocycles. The lowest BCUT2D eigenvalue weighted by molar-refractivity contribution is 0.198. The van der Waals surface area contributed by atoms with Gasteiger partial charge in [0.05, 0.1) is 9.68 Å². The molecule has 1 atom stereocenters. The van der Waals surface area contributed by atoms with Crippen molar-refractivity contribution in [1.29, 1.82) is 0 Å². The molecule has 0 aromatic rings. The summed E-state index contributed by atoms with van der Waals surface area (Å²) in [5.41, 5.74) is 0.385. The third-order valence-corrected chi connectivity index (χ3v) is 4.58. The Hall–Kier alpha value is 0.177. The summed E-state index contributed by atoms with van der Waals surface area (Å²) in [5, 5.41) is 0. The monoisotopic (exact) mass is 173 g/mol. The van der Waals surface area contributed by atoms with Gasteiger partial charge >= 0.3 is 0 Å². The van der Waals surface area contributed by atoms with Crippen LogP contribution in [0.15, 0.2) is 0 Å². The molecule has 0 N–H and O–H groups in total. The maximum absolute atomic E-state index is 2.67. The van der Waals surface area contributed by atoms with E-state index in [0.717, 1.165) is 6.04 Å². The highest BCUT2D eigenvalue weighted by Crippen LogP contribution is 2.16. The van der Waals surface area contributed by atoms with Gasteiger partial charge in [-0.25, -0.2) is 0 Å². The van der Waals surface area contributed by atoms with E-state index < -0.39 is 0 Å². The SMILES string of the molecule is CCC(C)N([SiH2]C)C(C)(C)C. The Morgan fingerprint density at radius 2 is 1.82 bits per heavy atom. The van der Waals surface area contributed by atoms with E-state index in [4.69, 9.17) is 0 Å². The molecule has 1 nitrogen and oxygen atoms in total. The summed E-state index contributed by atoms with van der Waals surface area (Å²) in [5.74, 6) is 0. The van der Waals surface area contributed by atoms with Crippen molar-refractivity contribution >= 4 is 9.68 Å². The second-order valence-electron chi connectivity index (χ2n) is 4.21. The van der Waals surface area contributed by atoms with Gasteiger partial charge in [0.1, 0.15) is 0 Å². The first kappa shape index (κ1) is 11.2. The number of hydrogen-bond acceptors (Lipinski definition) is 1. The zero-order chi connectivity index (χ0) is 9.07. The van der Waals surface area contributed by atoms with Crippen molar-refractivity contribution in [3.05, 3.63) is 0 Å². The fourth-order valence-corrected chi connectivity index (χ4v) is 3.50. The molecule has 2 heteroatoms. The standard InChI is InChI=1S/C9H23NSi/c1-7-8(2)10(11-6)9(3,4)5/h8H,7,11H2,1-6H3. The normalized spacial score (nSPS) is 16.6. The van der Waals surface area contributed by atoms with Gasteiger partial charge in [0.15, 0.2) is 0 Å². The number of rotatable bonds is 3. The van der Waals surface area contributed by atoms with E-state index in [2.05, 4.69) is 45.7 Å². The molecule has 0 radical (unpaired) electrons. The van der Waals surface area contributed by atoms with Crippen molar-refractivity contribution in [2.24, 2.45) is 0 Å². The Labute approximate surface area is 74.1 Å². The van der Waals surface area contributed by atoms with E-state index in [1.165, 1.54) is 6.42 Å². The zero-order valence-corrected chi connectivity index (χ0v) is 10.4. The predicted octanol–water partition coefficient (Wildman–Crippen LogP) is 2.02. The van der Waals surface area contributed by atoms with Crippen LogP contribution in [0.5, 0.6) is 0 Å². The third kappa shape index (κ3) is 3.39. The zero-order valence-electron chi connectivity index (χ0n) is 8.94. The smallest absolute Gasteiger partial charge is 0.0929 e. The molecule has 0 aromatic heterocycles. The highest BCUT2D eigenvalue weighted by molar-refractivity contribution is 6.30. The summed E-state index contributed by atoms with van der Waals surface area (Å²) in [4.78, 5) is 0. The summed E-state index contributed by atoms with van der Waals surface area (Å²) < 4.78 is 2.67. The van der Waals surface area contributed by atoms with Crippen LogP contribution in [0.3, 0.4) is 0 Å². The van der Waals surface area contributed by atoms with Crippen LogP contribution in [0.25, 0.3) is 0 Å². The van der Waals surface area contributed by atoms with Crippen LogP contribution in [0.4, 0.5) is 0 Å². The Morgan fingerprint density at radius 3 is 1.91 bits per heavy atom. The molecule has 0 rings (SSSR count). The molecule has 68 valence electrons. The van der Waals surface area contributed by atoms with Crippen LogP contribution in [-0.4, -0.2) is 25.8 Å². The molecule has 11 heavy (non-hydrogen) atoms. The van der Waals surface area contributed by atoms with E-state index in [0.29, 0.717) is 5.54 Å². The van der Waals surface area contributed by atoms with E-state index in [1.807, 2.05) is 0 Å². The summed E-state index contributed by atoms with van der Waals surface area (Å²) in [7, 11) is -0.00133. The molecule has 0 spiro atoms. The Bertz CT molecular complexity index is 107. The molecule has 0 fully saturated rings. The summed E-state index contributed by atoms with van der Waals surface area (Å²) >= 11 is 0. The fourth-order valence-electron chi connectivity index (χ4n) is 1.67. The van der Waals surface area contributed by atoms with Gasteiger partial charge in [-0.05, 0) is 33.2 Å². The van der Waals surface area contributed by atoms with E-state index in [1.54, 1.807) is 0 Å². The second kappa shape index (κ2) is 4.26. The van der Waals surface area contributed by atoms with E-state index in [9.17, 15) is 0 Å². The maximum Gasteiger partial charge on any atom is 0.0929 e. The first-order valence-electron chi connectivity index (χ1n) is 4.70. The van der Waals surface area contributed by atoms with Gasteiger partial charge in [-0.3, -0.25) is 0 Å². The minimum Gasteiger partial charge on any atom is -0.322 e. The van der Waals surface area contributed by atoms with E-state index in [-0.39, 0.29) is 9.68 Å². The topological polar surface area (TPSA) is 3.24 Å². The van der Waals surface area contributed by atoms with Crippen LogP contribution < -0.4 is 0 Å². The van der Waals surface area contributed by atoms with Gasteiger partial charge < -0.3 is 4.57 Å². The molecule has 0 heterocycles. The van der Waals surface area contributed by atoms with Crippen molar-refractivity contribution < 1.29 is 0 Å². The maximum atomic E-state index is 2.67. The molecule has 0 saturated carbocycles. The van der Waals surface area contributed by atoms with Gasteiger partial charge in [-0.1, -0.05) is 20.4 Å². The van der Waals surface area contributed by atoms with Crippen molar-refractivity contribution in [3.63, 3.8) is 0 Å². The molecule has 0 saturated heterocycles. The quantitative estimate of drug-likeness (QED) is 0.590. The summed E-state index contributed by atoms with van der Waals surface area (Å²) in [6.07, 6.45) is 1.28. The minimum atomic E-state index is -0.00133. The average molecular weight is 173 g/mol. The molecule has 1 unspecified atom stereocenters. The first-order chi connectivity index (χ1) is 4.93. The third-order valence-electron chi connectivity index (χ3n) is 2.33. The first-order valence-corrected chi connectivity index (χ1v) is 6.74. The Kier molecular flexibility index (Phi) is 4.33. The van der Waals surface area contributed by atoms with Gasteiger partial charge in [-0.2, -0.15) is 0 Å². The van der Waals surface area contributed by atoms with Crippen molar-refractivity contribution in [2.75, 3.05) is 0 Å². The van der Waals surface area contributed by atoms with Gasteiger partial charge in [0.25, 0.3) is 0 Å². The molecule has 0 bridgehead atoms. The Balaban J connectivity index is 4.16. The molecular weight excluding hydrogens is 150 g/mol. The summed E-state index contributed by atoms with van der Waals surface area (Å²) in [6.45, 7) is 13.9. The molecule has 0 amide bonds. The second-order valence-corrected chi connectivity index (χ2v) is 5.53. The molecule has 0 aromatic carbocycles.